The van der Waals surface area contributed by atoms with Gasteiger partial charge in [-0.2, -0.15) is 10.4 Å². The van der Waals surface area contributed by atoms with Crippen molar-refractivity contribution < 1.29 is 4.79 Å². The van der Waals surface area contributed by atoms with E-state index < -0.39 is 0 Å². The Balaban J connectivity index is 1.40. The molecular weight excluding hydrogens is 326 g/mol. The summed E-state index contributed by atoms with van der Waals surface area (Å²) in [6.07, 6.45) is 2.45. The molecule has 6 nitrogen and oxygen atoms in total. The molecule has 1 aromatic carbocycles. The number of nitriles is 1. The second kappa shape index (κ2) is 8.15. The van der Waals surface area contributed by atoms with Crippen molar-refractivity contribution in [2.24, 2.45) is 0 Å². The zero-order valence-corrected chi connectivity index (χ0v) is 15.4. The molecule has 1 N–H and O–H groups in total. The first-order chi connectivity index (χ1) is 12.5. The summed E-state index contributed by atoms with van der Waals surface area (Å²) in [6, 6.07) is 11.6. The first kappa shape index (κ1) is 18.2. The van der Waals surface area contributed by atoms with Crippen LogP contribution in [0.15, 0.2) is 30.3 Å². The molecule has 1 aliphatic rings. The highest BCUT2D eigenvalue weighted by molar-refractivity contribution is 5.90. The maximum absolute atomic E-state index is 12.1. The Morgan fingerprint density at radius 2 is 2.12 bits per heavy atom. The van der Waals surface area contributed by atoms with Gasteiger partial charge in [-0.25, -0.2) is 0 Å². The molecule has 26 heavy (non-hydrogen) atoms. The Bertz CT molecular complexity index is 803. The molecule has 1 amide bonds. The number of aryl methyl sites for hydroxylation is 2. The number of aromatic nitrogens is 2. The Morgan fingerprint density at radius 1 is 1.35 bits per heavy atom. The molecule has 1 atom stereocenters. The van der Waals surface area contributed by atoms with E-state index in [0.29, 0.717) is 18.0 Å². The van der Waals surface area contributed by atoms with Crippen molar-refractivity contribution in [1.82, 2.24) is 14.7 Å². The predicted octanol–water partition coefficient (Wildman–Crippen LogP) is 3.04. The molecule has 1 saturated heterocycles. The van der Waals surface area contributed by atoms with Gasteiger partial charge in [0, 0.05) is 30.9 Å². The molecular formula is C20H25N5O. The van der Waals surface area contributed by atoms with E-state index in [1.807, 2.05) is 6.92 Å². The topological polar surface area (TPSA) is 74.0 Å². The van der Waals surface area contributed by atoms with E-state index in [9.17, 15) is 4.79 Å². The van der Waals surface area contributed by atoms with Gasteiger partial charge < -0.3 is 10.2 Å². The molecule has 2 aromatic rings. The molecule has 0 saturated carbocycles. The maximum Gasteiger partial charge on any atom is 0.224 e. The number of carbonyl (C=O) groups excluding carboxylic acids is 1. The lowest BCUT2D eigenvalue weighted by Gasteiger charge is -2.17. The molecule has 3 rings (SSSR count). The lowest BCUT2D eigenvalue weighted by Crippen LogP contribution is -2.24. The lowest BCUT2D eigenvalue weighted by atomic mass is 10.2. The largest absolute Gasteiger partial charge is 0.326 e. The number of hydrogen-bond donors (Lipinski definition) is 1. The Labute approximate surface area is 154 Å². The minimum Gasteiger partial charge on any atom is -0.326 e. The first-order valence-corrected chi connectivity index (χ1v) is 9.10. The summed E-state index contributed by atoms with van der Waals surface area (Å²) in [4.78, 5) is 14.5. The first-order valence-electron chi connectivity index (χ1n) is 9.10. The van der Waals surface area contributed by atoms with Gasteiger partial charge in [-0.1, -0.05) is 0 Å². The molecule has 0 bridgehead atoms. The smallest absolute Gasteiger partial charge is 0.224 e. The zero-order chi connectivity index (χ0) is 18.5. The second-order valence-corrected chi connectivity index (χ2v) is 6.96. The highest BCUT2D eigenvalue weighted by Gasteiger charge is 2.25. The van der Waals surface area contributed by atoms with Crippen LogP contribution in [-0.2, 0) is 4.79 Å². The highest BCUT2D eigenvalue weighted by Crippen LogP contribution is 2.23. The number of benzene rings is 1. The normalized spacial score (nSPS) is 17.2. The third kappa shape index (κ3) is 4.50. The molecule has 1 fully saturated rings. The van der Waals surface area contributed by atoms with Crippen molar-refractivity contribution in [2.45, 2.75) is 39.2 Å². The summed E-state index contributed by atoms with van der Waals surface area (Å²) < 4.78 is 2.15. The summed E-state index contributed by atoms with van der Waals surface area (Å²) in [5.41, 5.74) is 3.62. The van der Waals surface area contributed by atoms with Crippen LogP contribution in [0.3, 0.4) is 0 Å². The number of carbonyl (C=O) groups is 1. The lowest BCUT2D eigenvalue weighted by molar-refractivity contribution is -0.116. The second-order valence-electron chi connectivity index (χ2n) is 6.96. The number of nitrogens with zero attached hydrogens (tertiary/aromatic N) is 4. The minimum absolute atomic E-state index is 0.0176. The van der Waals surface area contributed by atoms with Crippen LogP contribution in [-0.4, -0.2) is 40.2 Å². The third-order valence-corrected chi connectivity index (χ3v) is 4.81. The Morgan fingerprint density at radius 3 is 2.77 bits per heavy atom. The number of rotatable bonds is 6. The van der Waals surface area contributed by atoms with Gasteiger partial charge in [0.25, 0.3) is 0 Å². The van der Waals surface area contributed by atoms with Crippen LogP contribution in [0.5, 0.6) is 0 Å². The van der Waals surface area contributed by atoms with Gasteiger partial charge in [0.15, 0.2) is 0 Å². The number of anilines is 1. The monoisotopic (exact) mass is 351 g/mol. The summed E-state index contributed by atoms with van der Waals surface area (Å²) in [5, 5.41) is 16.3. The van der Waals surface area contributed by atoms with Gasteiger partial charge in [-0.05, 0) is 63.6 Å². The van der Waals surface area contributed by atoms with E-state index in [2.05, 4.69) is 39.1 Å². The number of hydrogen-bond acceptors (Lipinski definition) is 4. The number of likely N-dealkylation sites (tertiary alicyclic amines) is 1. The van der Waals surface area contributed by atoms with E-state index in [4.69, 9.17) is 5.26 Å². The zero-order valence-electron chi connectivity index (χ0n) is 15.4. The van der Waals surface area contributed by atoms with Gasteiger partial charge in [-0.3, -0.25) is 9.48 Å². The molecule has 1 aliphatic heterocycles. The van der Waals surface area contributed by atoms with Crippen LogP contribution >= 0.6 is 0 Å². The van der Waals surface area contributed by atoms with E-state index in [0.717, 1.165) is 43.9 Å². The fourth-order valence-electron chi connectivity index (χ4n) is 3.55. The predicted molar refractivity (Wildman–Crippen MR) is 101 cm³/mol. The van der Waals surface area contributed by atoms with E-state index in [1.54, 1.807) is 24.3 Å². The van der Waals surface area contributed by atoms with Crippen molar-refractivity contribution in [3.63, 3.8) is 0 Å². The maximum atomic E-state index is 12.1. The van der Waals surface area contributed by atoms with Crippen molar-refractivity contribution in [3.05, 3.63) is 47.3 Å². The van der Waals surface area contributed by atoms with E-state index in [1.165, 1.54) is 5.69 Å². The number of amides is 1. The SMILES string of the molecule is Cc1cc(C)n(C2CCN(CCCC(=O)Nc3ccc(C#N)cc3)C2)n1. The van der Waals surface area contributed by atoms with Gasteiger partial charge in [-0.15, -0.1) is 0 Å². The van der Waals surface area contributed by atoms with Crippen LogP contribution in [0.2, 0.25) is 0 Å². The fourth-order valence-corrected chi connectivity index (χ4v) is 3.55. The molecule has 1 aromatic heterocycles. The average molecular weight is 351 g/mol. The molecule has 2 heterocycles. The average Bonchev–Trinajstić information content (AvgIpc) is 3.21. The van der Waals surface area contributed by atoms with E-state index in [-0.39, 0.29) is 5.91 Å². The van der Waals surface area contributed by atoms with Gasteiger partial charge >= 0.3 is 0 Å². The van der Waals surface area contributed by atoms with Gasteiger partial charge in [0.1, 0.15) is 0 Å². The van der Waals surface area contributed by atoms with Crippen LogP contribution in [0, 0.1) is 25.2 Å². The summed E-state index contributed by atoms with van der Waals surface area (Å²) >= 11 is 0. The molecule has 6 heteroatoms. The molecule has 0 radical (unpaired) electrons. The summed E-state index contributed by atoms with van der Waals surface area (Å²) in [7, 11) is 0. The molecule has 136 valence electrons. The summed E-state index contributed by atoms with van der Waals surface area (Å²) in [5.74, 6) is 0.0176. The van der Waals surface area contributed by atoms with Crippen LogP contribution in [0.25, 0.3) is 0 Å². The van der Waals surface area contributed by atoms with Crippen LogP contribution in [0.1, 0.15) is 42.3 Å². The molecule has 0 aliphatic carbocycles. The van der Waals surface area contributed by atoms with Crippen molar-refractivity contribution in [3.8, 4) is 6.07 Å². The molecule has 0 spiro atoms. The standard InChI is InChI=1S/C20H25N5O/c1-15-12-16(2)25(23-15)19-9-11-24(14-19)10-3-4-20(26)22-18-7-5-17(13-21)6-8-18/h5-8,12,19H,3-4,9-11,14H2,1-2H3,(H,22,26). The van der Waals surface area contributed by atoms with Crippen LogP contribution in [0.4, 0.5) is 5.69 Å². The van der Waals surface area contributed by atoms with Gasteiger partial charge in [0.2, 0.25) is 5.91 Å². The molecule has 1 unspecified atom stereocenters. The Hall–Kier alpha value is -2.65. The van der Waals surface area contributed by atoms with Crippen molar-refractivity contribution in [2.75, 3.05) is 25.0 Å². The van der Waals surface area contributed by atoms with Crippen LogP contribution < -0.4 is 5.32 Å². The van der Waals surface area contributed by atoms with E-state index >= 15 is 0 Å². The quantitative estimate of drug-likeness (QED) is 0.868. The third-order valence-electron chi connectivity index (χ3n) is 4.81. The van der Waals surface area contributed by atoms with Gasteiger partial charge in [0.05, 0.1) is 23.4 Å². The highest BCUT2D eigenvalue weighted by atomic mass is 16.1. The summed E-state index contributed by atoms with van der Waals surface area (Å²) in [6.45, 7) is 7.12. The fraction of sp³-hybridized carbons (Fsp3) is 0.450. The van der Waals surface area contributed by atoms with Crippen molar-refractivity contribution >= 4 is 11.6 Å². The Kier molecular flexibility index (Phi) is 5.69. The number of nitrogens with one attached hydrogen (secondary N) is 1. The minimum atomic E-state index is 0.0176. The van der Waals surface area contributed by atoms with Crippen molar-refractivity contribution in [1.29, 1.82) is 5.26 Å².